The van der Waals surface area contributed by atoms with E-state index in [1.807, 2.05) is 6.20 Å². The van der Waals surface area contributed by atoms with Gasteiger partial charge in [-0.2, -0.15) is 0 Å². The van der Waals surface area contributed by atoms with Crippen molar-refractivity contribution in [3.8, 4) is 16.9 Å². The van der Waals surface area contributed by atoms with Crippen LogP contribution < -0.4 is 4.74 Å². The number of likely N-dealkylation sites (tertiary alicyclic amines) is 1. The maximum Gasteiger partial charge on any atom is 0.126 e. The molecule has 2 N–H and O–H groups in total. The van der Waals surface area contributed by atoms with Crippen molar-refractivity contribution in [3.05, 3.63) is 54.2 Å². The van der Waals surface area contributed by atoms with Gasteiger partial charge in [-0.1, -0.05) is 18.2 Å². The SMILES string of the molecule is COc1ccc(CN2C[C@@H]3CCOC[C@]3(CO)C2)cc1-c1ccc2cc[nH]c2c1. The van der Waals surface area contributed by atoms with E-state index in [1.165, 1.54) is 10.9 Å². The molecule has 5 nitrogen and oxygen atoms in total. The third kappa shape index (κ3) is 3.33. The molecule has 152 valence electrons. The number of ether oxygens (including phenoxy) is 2. The summed E-state index contributed by atoms with van der Waals surface area (Å²) >= 11 is 0. The number of nitrogens with one attached hydrogen (secondary N) is 1. The number of rotatable bonds is 5. The first-order valence-electron chi connectivity index (χ1n) is 10.4. The number of methoxy groups -OCH3 is 1. The Hall–Kier alpha value is -2.34. The number of hydrogen-bond donors (Lipinski definition) is 2. The largest absolute Gasteiger partial charge is 0.496 e. The smallest absolute Gasteiger partial charge is 0.126 e. The van der Waals surface area contributed by atoms with Crippen molar-refractivity contribution < 1.29 is 14.6 Å². The zero-order valence-corrected chi connectivity index (χ0v) is 16.9. The zero-order valence-electron chi connectivity index (χ0n) is 16.9. The second-order valence-electron chi connectivity index (χ2n) is 8.54. The standard InChI is InChI=1S/C24H28N2O3/c1-28-23-5-2-17(10-21(23)19-4-3-18-6-8-25-22(18)11-19)12-26-13-20-7-9-29-16-24(20,14-26)15-27/h2-6,8,10-11,20,25,27H,7,9,12-16H2,1H3/t20-,24+/m0/s1. The van der Waals surface area contributed by atoms with Crippen LogP contribution in [0.15, 0.2) is 48.7 Å². The van der Waals surface area contributed by atoms with E-state index in [1.54, 1.807) is 7.11 Å². The van der Waals surface area contributed by atoms with Crippen LogP contribution in [0.5, 0.6) is 5.75 Å². The second-order valence-corrected chi connectivity index (χ2v) is 8.54. The summed E-state index contributed by atoms with van der Waals surface area (Å²) in [6.45, 7) is 4.49. The predicted molar refractivity (Wildman–Crippen MR) is 114 cm³/mol. The van der Waals surface area contributed by atoms with Gasteiger partial charge in [0.25, 0.3) is 0 Å². The van der Waals surface area contributed by atoms with Crippen molar-refractivity contribution in [1.29, 1.82) is 0 Å². The molecule has 0 bridgehead atoms. The molecule has 29 heavy (non-hydrogen) atoms. The molecule has 0 aliphatic carbocycles. The van der Waals surface area contributed by atoms with E-state index in [9.17, 15) is 5.11 Å². The van der Waals surface area contributed by atoms with Gasteiger partial charge in [-0.15, -0.1) is 0 Å². The zero-order chi connectivity index (χ0) is 19.8. The van der Waals surface area contributed by atoms with Crippen LogP contribution in [0.25, 0.3) is 22.0 Å². The average Bonchev–Trinajstić information content (AvgIpc) is 3.37. The lowest BCUT2D eigenvalue weighted by molar-refractivity contribution is -0.0561. The van der Waals surface area contributed by atoms with Gasteiger partial charge in [0, 0.05) is 48.9 Å². The Morgan fingerprint density at radius 1 is 1.24 bits per heavy atom. The normalized spacial score (nSPS) is 24.7. The van der Waals surface area contributed by atoms with E-state index in [0.717, 1.165) is 55.1 Å². The number of fused-ring (bicyclic) bond motifs is 2. The third-order valence-electron chi connectivity index (χ3n) is 6.73. The van der Waals surface area contributed by atoms with Gasteiger partial charge < -0.3 is 19.6 Å². The summed E-state index contributed by atoms with van der Waals surface area (Å²) in [5.41, 5.74) is 4.56. The number of aromatic amines is 1. The van der Waals surface area contributed by atoms with E-state index in [4.69, 9.17) is 9.47 Å². The monoisotopic (exact) mass is 392 g/mol. The molecule has 2 saturated heterocycles. The Morgan fingerprint density at radius 2 is 2.17 bits per heavy atom. The van der Waals surface area contributed by atoms with Crippen molar-refractivity contribution in [2.24, 2.45) is 11.3 Å². The van der Waals surface area contributed by atoms with Crippen molar-refractivity contribution in [2.45, 2.75) is 13.0 Å². The van der Waals surface area contributed by atoms with Gasteiger partial charge >= 0.3 is 0 Å². The number of H-pyrrole nitrogens is 1. The van der Waals surface area contributed by atoms with Crippen LogP contribution in [0, 0.1) is 11.3 Å². The third-order valence-corrected chi connectivity index (χ3v) is 6.73. The van der Waals surface area contributed by atoms with Gasteiger partial charge in [-0.3, -0.25) is 4.90 Å². The fraction of sp³-hybridized carbons (Fsp3) is 0.417. The molecule has 5 heteroatoms. The average molecular weight is 392 g/mol. The molecule has 0 unspecified atom stereocenters. The number of aliphatic hydroxyl groups is 1. The van der Waals surface area contributed by atoms with Crippen LogP contribution in [0.1, 0.15) is 12.0 Å². The van der Waals surface area contributed by atoms with Crippen LogP contribution in [-0.2, 0) is 11.3 Å². The van der Waals surface area contributed by atoms with Gasteiger partial charge in [-0.05, 0) is 53.1 Å². The highest BCUT2D eigenvalue weighted by molar-refractivity contribution is 5.86. The van der Waals surface area contributed by atoms with Crippen molar-refractivity contribution >= 4 is 10.9 Å². The van der Waals surface area contributed by atoms with Crippen LogP contribution in [-0.4, -0.2) is 55.0 Å². The summed E-state index contributed by atoms with van der Waals surface area (Å²) in [4.78, 5) is 5.76. The Bertz CT molecular complexity index is 1010. The van der Waals surface area contributed by atoms with Crippen molar-refractivity contribution in [1.82, 2.24) is 9.88 Å². The van der Waals surface area contributed by atoms with Gasteiger partial charge in [-0.25, -0.2) is 0 Å². The molecule has 2 aliphatic rings. The summed E-state index contributed by atoms with van der Waals surface area (Å²) in [6.07, 6.45) is 3.01. The number of benzene rings is 2. The Labute approximate surface area is 171 Å². The molecule has 2 aromatic carbocycles. The van der Waals surface area contributed by atoms with E-state index in [0.29, 0.717) is 12.5 Å². The van der Waals surface area contributed by atoms with E-state index in [2.05, 4.69) is 52.3 Å². The second kappa shape index (κ2) is 7.48. The van der Waals surface area contributed by atoms with Gasteiger partial charge in [0.05, 0.1) is 20.3 Å². The van der Waals surface area contributed by atoms with Gasteiger partial charge in [0.1, 0.15) is 5.75 Å². The molecule has 5 rings (SSSR count). The lowest BCUT2D eigenvalue weighted by Crippen LogP contribution is -2.42. The topological polar surface area (TPSA) is 57.7 Å². The highest BCUT2D eigenvalue weighted by atomic mass is 16.5. The van der Waals surface area contributed by atoms with Crippen LogP contribution in [0.2, 0.25) is 0 Å². The molecule has 1 aromatic heterocycles. The Morgan fingerprint density at radius 3 is 3.00 bits per heavy atom. The van der Waals surface area contributed by atoms with E-state index < -0.39 is 0 Å². The maximum atomic E-state index is 10.0. The molecule has 0 spiro atoms. The van der Waals surface area contributed by atoms with Gasteiger partial charge in [0.15, 0.2) is 0 Å². The van der Waals surface area contributed by atoms with Crippen LogP contribution >= 0.6 is 0 Å². The lowest BCUT2D eigenvalue weighted by atomic mass is 9.76. The number of nitrogens with zero attached hydrogens (tertiary/aromatic N) is 1. The summed E-state index contributed by atoms with van der Waals surface area (Å²) in [6, 6.07) is 15.0. The molecule has 0 amide bonds. The molecule has 2 atom stereocenters. The molecule has 2 fully saturated rings. The minimum atomic E-state index is -0.0911. The fourth-order valence-corrected chi connectivity index (χ4v) is 5.10. The molecule has 3 aromatic rings. The van der Waals surface area contributed by atoms with Crippen LogP contribution in [0.4, 0.5) is 0 Å². The molecule has 0 saturated carbocycles. The summed E-state index contributed by atoms with van der Waals surface area (Å²) in [5, 5.41) is 11.2. The quantitative estimate of drug-likeness (QED) is 0.696. The number of aliphatic hydroxyl groups excluding tert-OH is 1. The fourth-order valence-electron chi connectivity index (χ4n) is 5.10. The van der Waals surface area contributed by atoms with Crippen molar-refractivity contribution in [3.63, 3.8) is 0 Å². The Balaban J connectivity index is 1.42. The van der Waals surface area contributed by atoms with E-state index >= 15 is 0 Å². The van der Waals surface area contributed by atoms with Crippen molar-refractivity contribution in [2.75, 3.05) is 40.0 Å². The molecule has 2 aliphatic heterocycles. The maximum absolute atomic E-state index is 10.0. The first-order chi connectivity index (χ1) is 14.2. The minimum Gasteiger partial charge on any atom is -0.496 e. The number of aromatic nitrogens is 1. The Kier molecular flexibility index (Phi) is 4.82. The molecule has 0 radical (unpaired) electrons. The molecule has 3 heterocycles. The summed E-state index contributed by atoms with van der Waals surface area (Å²) < 4.78 is 11.4. The highest BCUT2D eigenvalue weighted by Crippen LogP contribution is 2.42. The van der Waals surface area contributed by atoms with Gasteiger partial charge in [0.2, 0.25) is 0 Å². The summed E-state index contributed by atoms with van der Waals surface area (Å²) in [7, 11) is 1.72. The molecular weight excluding hydrogens is 364 g/mol. The highest BCUT2D eigenvalue weighted by Gasteiger charge is 2.47. The first-order valence-corrected chi connectivity index (χ1v) is 10.4. The van der Waals surface area contributed by atoms with E-state index in [-0.39, 0.29) is 12.0 Å². The molecular formula is C24H28N2O3. The predicted octanol–water partition coefficient (Wildman–Crippen LogP) is 3.67. The first kappa shape index (κ1) is 18.7. The minimum absolute atomic E-state index is 0.0911. The lowest BCUT2D eigenvalue weighted by Gasteiger charge is -2.36. The number of hydrogen-bond acceptors (Lipinski definition) is 4. The van der Waals surface area contributed by atoms with Crippen LogP contribution in [0.3, 0.4) is 0 Å². The summed E-state index contributed by atoms with van der Waals surface area (Å²) in [5.74, 6) is 1.41.